The molecule has 0 heterocycles. The average molecular weight is 251 g/mol. The first-order valence-electron chi connectivity index (χ1n) is 0.932. The maximum Gasteiger partial charge on any atom is 0.299 e. The van der Waals surface area contributed by atoms with Crippen molar-refractivity contribution in [3.05, 3.63) is 16.0 Å². The van der Waals surface area contributed by atoms with Crippen molar-refractivity contribution in [1.29, 1.82) is 0 Å². The monoisotopic (exact) mass is 251 g/mol. The van der Waals surface area contributed by atoms with Crippen LogP contribution in [0, 0.1) is 0 Å². The van der Waals surface area contributed by atoms with Gasteiger partial charge in [0, 0.05) is 16.8 Å². The molecule has 1 radical (unpaired) electrons. The van der Waals surface area contributed by atoms with Crippen LogP contribution < -0.4 is 24.6 Å². The van der Waals surface area contributed by atoms with Crippen LogP contribution >= 0.6 is 0 Å². The van der Waals surface area contributed by atoms with Crippen LogP contribution in [0.15, 0.2) is 0 Å². The fourth-order valence-electron chi connectivity index (χ4n) is 0. The molecular formula is H14CoN7O3S-. The van der Waals surface area contributed by atoms with Crippen LogP contribution in [0.3, 0.4) is 0 Å². The van der Waals surface area contributed by atoms with Crippen LogP contribution in [0.5, 0.6) is 0 Å². The van der Waals surface area contributed by atoms with E-state index in [4.69, 9.17) is 24.4 Å². The van der Waals surface area contributed by atoms with Gasteiger partial charge in [-0.15, -0.1) is 0 Å². The first-order chi connectivity index (χ1) is 3.15. The van der Waals surface area contributed by atoms with Crippen LogP contribution in [0.4, 0.5) is 0 Å². The molecule has 0 aromatic rings. The van der Waals surface area contributed by atoms with E-state index < -0.39 is 11.4 Å². The molecule has 14 N–H and O–H groups in total. The Morgan fingerprint density at radius 3 is 1.00 bits per heavy atom. The molecule has 0 amide bonds. The van der Waals surface area contributed by atoms with Gasteiger partial charge in [-0.3, -0.25) is 14.0 Å². The summed E-state index contributed by atoms with van der Waals surface area (Å²) in [6, 6.07) is 0. The molecule has 0 aromatic heterocycles. The molecule has 0 bridgehead atoms. The van der Waals surface area contributed by atoms with Crippen LogP contribution in [0.2, 0.25) is 0 Å². The van der Waals surface area contributed by atoms with Crippen molar-refractivity contribution in [2.45, 2.75) is 0 Å². The molecule has 0 saturated heterocycles. The number of rotatable bonds is 0. The van der Waals surface area contributed by atoms with E-state index in [1.54, 1.807) is 0 Å². The van der Waals surface area contributed by atoms with Gasteiger partial charge >= 0.3 is 0 Å². The summed E-state index contributed by atoms with van der Waals surface area (Å²) < 4.78 is 22.8. The Labute approximate surface area is 82.5 Å². The van der Waals surface area contributed by atoms with Gasteiger partial charge in [0.1, 0.15) is 0 Å². The second-order valence-electron chi connectivity index (χ2n) is 0.320. The van der Waals surface area contributed by atoms with Gasteiger partial charge in [0.2, 0.25) is 0 Å². The molecule has 0 unspecified atom stereocenters. The SMILES string of the molecule is N.N.N.N.O=S(O)O.[Co].[N-]=[N+]=[N-]. The molecule has 0 spiro atoms. The average Bonchev–Trinajstić information content (AvgIpc) is 1.33. The van der Waals surface area contributed by atoms with E-state index in [1.165, 1.54) is 4.91 Å². The summed E-state index contributed by atoms with van der Waals surface area (Å²) in [5.74, 6) is 0. The molecule has 0 aliphatic rings. The van der Waals surface area contributed by atoms with Gasteiger partial charge in [0.25, 0.3) is 11.4 Å². The van der Waals surface area contributed by atoms with Crippen LogP contribution in [0.25, 0.3) is 16.0 Å². The Bertz CT molecular complexity index is 86.7. The van der Waals surface area contributed by atoms with Crippen LogP contribution in [-0.4, -0.2) is 13.3 Å². The molecule has 0 saturated carbocycles. The zero-order chi connectivity index (χ0) is 6.28. The van der Waals surface area contributed by atoms with Gasteiger partial charge < -0.3 is 35.7 Å². The summed E-state index contributed by atoms with van der Waals surface area (Å²) in [5.41, 5.74) is 13.5. The Morgan fingerprint density at radius 2 is 1.00 bits per heavy atom. The topological polar surface area (TPSA) is 256 Å². The number of hydrogen-bond acceptors (Lipinski definition) is 5. The fourth-order valence-corrected chi connectivity index (χ4v) is 0. The maximum atomic E-state index is 8.67. The van der Waals surface area contributed by atoms with Gasteiger partial charge in [-0.1, -0.05) is 0 Å². The number of hydrogen-bond donors (Lipinski definition) is 6. The minimum atomic E-state index is -2.61. The van der Waals surface area contributed by atoms with E-state index in [0.29, 0.717) is 0 Å². The molecule has 0 aliphatic carbocycles. The quantitative estimate of drug-likeness (QED) is 0.158. The number of nitrogens with zero attached hydrogens (tertiary/aromatic N) is 3. The smallest absolute Gasteiger partial charge is 0.299 e. The Balaban J connectivity index is -0.00000000597. The summed E-state index contributed by atoms with van der Waals surface area (Å²) in [4.78, 5) is 1.50. The predicted octanol–water partition coefficient (Wildman–Crippen LogP) is 1.19. The van der Waals surface area contributed by atoms with Crippen LogP contribution in [-0.2, 0) is 28.1 Å². The van der Waals surface area contributed by atoms with E-state index in [-0.39, 0.29) is 41.4 Å². The third kappa shape index (κ3) is 9900. The van der Waals surface area contributed by atoms with Gasteiger partial charge in [-0.25, -0.2) is 0 Å². The summed E-state index contributed by atoms with van der Waals surface area (Å²) >= 11 is -2.61. The van der Waals surface area contributed by atoms with Crippen molar-refractivity contribution in [3.63, 3.8) is 0 Å². The minimum absolute atomic E-state index is 0. The third-order valence-corrected chi connectivity index (χ3v) is 0. The van der Waals surface area contributed by atoms with Gasteiger partial charge in [-0.2, -0.15) is 4.21 Å². The normalized spacial score (nSPS) is 3.58. The molecule has 0 aromatic carbocycles. The molecule has 10 nitrogen and oxygen atoms in total. The molecule has 0 rings (SSSR count). The Kier molecular flexibility index (Phi) is 368. The van der Waals surface area contributed by atoms with Gasteiger partial charge in [-0.05, 0) is 0 Å². The van der Waals surface area contributed by atoms with Crippen molar-refractivity contribution in [2.24, 2.45) is 0 Å². The summed E-state index contributed by atoms with van der Waals surface area (Å²) in [6.45, 7) is 0. The van der Waals surface area contributed by atoms with Crippen molar-refractivity contribution >= 4 is 11.4 Å². The van der Waals surface area contributed by atoms with Crippen molar-refractivity contribution in [2.75, 3.05) is 0 Å². The molecular weight excluding hydrogens is 237 g/mol. The molecule has 0 fully saturated rings. The molecule has 12 heteroatoms. The van der Waals surface area contributed by atoms with E-state index in [2.05, 4.69) is 0 Å². The Hall–Kier alpha value is -0.274. The summed E-state index contributed by atoms with van der Waals surface area (Å²) in [6.07, 6.45) is 0. The van der Waals surface area contributed by atoms with E-state index >= 15 is 0 Å². The first-order valence-corrected chi connectivity index (χ1v) is 2.00. The van der Waals surface area contributed by atoms with E-state index in [9.17, 15) is 0 Å². The second-order valence-corrected chi connectivity index (χ2v) is 0.782. The second kappa shape index (κ2) is 73.1. The largest absolute Gasteiger partial charge is 0.373 e. The van der Waals surface area contributed by atoms with Crippen molar-refractivity contribution in [3.8, 4) is 0 Å². The molecule has 0 atom stereocenters. The summed E-state index contributed by atoms with van der Waals surface area (Å²) in [5, 5.41) is 0. The van der Waals surface area contributed by atoms with Crippen molar-refractivity contribution < 1.29 is 30.1 Å². The molecule has 83 valence electrons. The van der Waals surface area contributed by atoms with Gasteiger partial charge in [0.15, 0.2) is 0 Å². The summed E-state index contributed by atoms with van der Waals surface area (Å²) in [7, 11) is 0. The third-order valence-electron chi connectivity index (χ3n) is 0. The fraction of sp³-hybridized carbons (Fsp3) is 0. The first kappa shape index (κ1) is 60.4. The Morgan fingerprint density at radius 1 is 1.00 bits per heavy atom. The van der Waals surface area contributed by atoms with Gasteiger partial charge in [0.05, 0.1) is 0 Å². The maximum absolute atomic E-state index is 8.67. The molecule has 12 heavy (non-hydrogen) atoms. The zero-order valence-corrected chi connectivity index (χ0v) is 8.07. The van der Waals surface area contributed by atoms with Crippen molar-refractivity contribution in [1.82, 2.24) is 24.6 Å². The minimum Gasteiger partial charge on any atom is -0.373 e. The van der Waals surface area contributed by atoms with Crippen LogP contribution in [0.1, 0.15) is 0 Å². The van der Waals surface area contributed by atoms with E-state index in [0.717, 1.165) is 0 Å². The molecule has 0 aliphatic heterocycles. The zero-order valence-electron chi connectivity index (χ0n) is 6.21. The van der Waals surface area contributed by atoms with E-state index in [1.807, 2.05) is 0 Å². The standard InChI is InChI=1S/Co.N3.4H3N.H2O3S/c;1-3-2;;;;;1-4(2)3/h;;4*1H3;(H2,1,2,3)/q;-1;;;;;. The predicted molar refractivity (Wildman–Crippen MR) is 43.6 cm³/mol.